The predicted octanol–water partition coefficient (Wildman–Crippen LogP) is 3.67. The van der Waals surface area contributed by atoms with E-state index in [4.69, 9.17) is 5.73 Å². The lowest BCUT2D eigenvalue weighted by Gasteiger charge is -2.33. The second kappa shape index (κ2) is 8.18. The average molecular weight is 347 g/mol. The van der Waals surface area contributed by atoms with Crippen LogP contribution < -0.4 is 11.1 Å². The number of amides is 1. The van der Waals surface area contributed by atoms with Crippen molar-refractivity contribution in [3.8, 4) is 0 Å². The SMILES string of the molecule is CCC(CC)(CN)C(=O)NC1CCSc2ccc(F)cc21.Cl. The monoisotopic (exact) mass is 346 g/mol. The number of benzene rings is 1. The van der Waals surface area contributed by atoms with Crippen LogP contribution in [-0.4, -0.2) is 18.2 Å². The zero-order valence-corrected chi connectivity index (χ0v) is 14.7. The molecule has 2 rings (SSSR count). The molecule has 1 unspecified atom stereocenters. The van der Waals surface area contributed by atoms with Gasteiger partial charge >= 0.3 is 0 Å². The molecule has 1 aliphatic rings. The normalized spacial score (nSPS) is 17.4. The Labute approximate surface area is 142 Å². The standard InChI is InChI=1S/C16H23FN2OS.ClH/c1-3-16(4-2,10-18)15(20)19-13-7-8-21-14-6-5-11(17)9-12(13)14;/h5-6,9,13H,3-4,7-8,10,18H2,1-2H3,(H,19,20);1H. The van der Waals surface area contributed by atoms with Crippen molar-refractivity contribution in [3.05, 3.63) is 29.6 Å². The highest BCUT2D eigenvalue weighted by Crippen LogP contribution is 2.37. The second-order valence-electron chi connectivity index (χ2n) is 5.54. The van der Waals surface area contributed by atoms with E-state index in [1.54, 1.807) is 17.8 Å². The summed E-state index contributed by atoms with van der Waals surface area (Å²) in [6, 6.07) is 4.68. The molecule has 1 aromatic rings. The van der Waals surface area contributed by atoms with Crippen molar-refractivity contribution in [2.75, 3.05) is 12.3 Å². The van der Waals surface area contributed by atoms with Gasteiger partial charge in [0, 0.05) is 17.2 Å². The summed E-state index contributed by atoms with van der Waals surface area (Å²) >= 11 is 1.71. The number of hydrogen-bond acceptors (Lipinski definition) is 3. The topological polar surface area (TPSA) is 55.1 Å². The minimum Gasteiger partial charge on any atom is -0.349 e. The Balaban J connectivity index is 0.00000242. The van der Waals surface area contributed by atoms with E-state index >= 15 is 0 Å². The fourth-order valence-electron chi connectivity index (χ4n) is 2.78. The highest BCUT2D eigenvalue weighted by molar-refractivity contribution is 7.99. The fourth-order valence-corrected chi connectivity index (χ4v) is 3.88. The molecule has 0 saturated heterocycles. The molecule has 0 fully saturated rings. The molecule has 0 aromatic heterocycles. The van der Waals surface area contributed by atoms with Gasteiger partial charge in [0.05, 0.1) is 11.5 Å². The molecular formula is C16H24ClFN2OS. The molecule has 22 heavy (non-hydrogen) atoms. The number of hydrogen-bond donors (Lipinski definition) is 2. The summed E-state index contributed by atoms with van der Waals surface area (Å²) in [5.74, 6) is 0.658. The molecule has 3 N–H and O–H groups in total. The predicted molar refractivity (Wildman–Crippen MR) is 91.9 cm³/mol. The summed E-state index contributed by atoms with van der Waals surface area (Å²) in [5.41, 5.74) is 6.20. The van der Waals surface area contributed by atoms with Gasteiger partial charge in [0.1, 0.15) is 5.82 Å². The Morgan fingerprint density at radius 2 is 2.14 bits per heavy atom. The van der Waals surface area contributed by atoms with Gasteiger partial charge in [-0.2, -0.15) is 0 Å². The zero-order valence-electron chi connectivity index (χ0n) is 13.0. The quantitative estimate of drug-likeness (QED) is 0.855. The van der Waals surface area contributed by atoms with Crippen molar-refractivity contribution < 1.29 is 9.18 Å². The summed E-state index contributed by atoms with van der Waals surface area (Å²) in [5, 5.41) is 3.10. The molecule has 0 bridgehead atoms. The van der Waals surface area contributed by atoms with E-state index in [0.717, 1.165) is 22.6 Å². The van der Waals surface area contributed by atoms with E-state index in [0.29, 0.717) is 19.4 Å². The van der Waals surface area contributed by atoms with Crippen LogP contribution >= 0.6 is 24.2 Å². The van der Waals surface area contributed by atoms with E-state index in [9.17, 15) is 9.18 Å². The number of rotatable bonds is 5. The average Bonchev–Trinajstić information content (AvgIpc) is 2.50. The van der Waals surface area contributed by atoms with Gasteiger partial charge in [0.25, 0.3) is 0 Å². The number of nitrogens with two attached hydrogens (primary N) is 1. The van der Waals surface area contributed by atoms with Gasteiger partial charge in [0.2, 0.25) is 5.91 Å². The van der Waals surface area contributed by atoms with Crippen LogP contribution in [0.5, 0.6) is 0 Å². The van der Waals surface area contributed by atoms with Crippen molar-refractivity contribution in [3.63, 3.8) is 0 Å². The molecule has 0 aliphatic carbocycles. The highest BCUT2D eigenvalue weighted by Gasteiger charge is 2.35. The lowest BCUT2D eigenvalue weighted by molar-refractivity contribution is -0.131. The molecule has 0 spiro atoms. The first-order valence-corrected chi connectivity index (χ1v) is 8.48. The van der Waals surface area contributed by atoms with Crippen LogP contribution in [-0.2, 0) is 4.79 Å². The third kappa shape index (κ3) is 3.76. The molecule has 0 radical (unpaired) electrons. The van der Waals surface area contributed by atoms with Gasteiger partial charge in [-0.25, -0.2) is 4.39 Å². The fraction of sp³-hybridized carbons (Fsp3) is 0.562. The second-order valence-corrected chi connectivity index (χ2v) is 6.67. The van der Waals surface area contributed by atoms with Gasteiger partial charge in [-0.15, -0.1) is 24.2 Å². The molecule has 1 atom stereocenters. The summed E-state index contributed by atoms with van der Waals surface area (Å²) in [7, 11) is 0. The van der Waals surface area contributed by atoms with Gasteiger partial charge < -0.3 is 11.1 Å². The van der Waals surface area contributed by atoms with Crippen molar-refractivity contribution in [2.24, 2.45) is 11.1 Å². The number of halogens is 2. The molecule has 1 amide bonds. The summed E-state index contributed by atoms with van der Waals surface area (Å²) in [4.78, 5) is 13.7. The van der Waals surface area contributed by atoms with Gasteiger partial charge in [-0.05, 0) is 43.0 Å². The van der Waals surface area contributed by atoms with Gasteiger partial charge in [-0.1, -0.05) is 13.8 Å². The van der Waals surface area contributed by atoms with Crippen LogP contribution in [0.25, 0.3) is 0 Å². The number of carbonyl (C=O) groups is 1. The Bertz CT molecular complexity index is 515. The molecule has 6 heteroatoms. The molecule has 0 saturated carbocycles. The van der Waals surface area contributed by atoms with E-state index in [2.05, 4.69) is 5.32 Å². The van der Waals surface area contributed by atoms with E-state index < -0.39 is 5.41 Å². The zero-order chi connectivity index (χ0) is 15.5. The van der Waals surface area contributed by atoms with Crippen molar-refractivity contribution >= 4 is 30.1 Å². The minimum absolute atomic E-state index is 0. The number of carbonyl (C=O) groups excluding carboxylic acids is 1. The van der Waals surface area contributed by atoms with Crippen LogP contribution in [0.4, 0.5) is 4.39 Å². The first-order chi connectivity index (χ1) is 10.1. The first kappa shape index (κ1) is 19.3. The summed E-state index contributed by atoms with van der Waals surface area (Å²) < 4.78 is 13.5. The van der Waals surface area contributed by atoms with Crippen LogP contribution in [0.3, 0.4) is 0 Å². The maximum absolute atomic E-state index is 13.5. The van der Waals surface area contributed by atoms with Crippen LogP contribution in [0.2, 0.25) is 0 Å². The van der Waals surface area contributed by atoms with Crippen LogP contribution in [0.1, 0.15) is 44.7 Å². The third-order valence-corrected chi connectivity index (χ3v) is 5.67. The van der Waals surface area contributed by atoms with Gasteiger partial charge in [-0.3, -0.25) is 4.79 Å². The van der Waals surface area contributed by atoms with Crippen molar-refractivity contribution in [2.45, 2.75) is 44.0 Å². The van der Waals surface area contributed by atoms with E-state index in [1.807, 2.05) is 13.8 Å². The number of thioether (sulfide) groups is 1. The highest BCUT2D eigenvalue weighted by atomic mass is 35.5. The number of nitrogens with one attached hydrogen (secondary N) is 1. The lowest BCUT2D eigenvalue weighted by Crippen LogP contribution is -2.46. The maximum atomic E-state index is 13.5. The summed E-state index contributed by atoms with van der Waals surface area (Å²) in [6.45, 7) is 4.31. The maximum Gasteiger partial charge on any atom is 0.227 e. The van der Waals surface area contributed by atoms with Gasteiger partial charge in [0.15, 0.2) is 0 Å². The molecular weight excluding hydrogens is 323 g/mol. The van der Waals surface area contributed by atoms with Crippen molar-refractivity contribution in [1.29, 1.82) is 0 Å². The van der Waals surface area contributed by atoms with Crippen LogP contribution in [0.15, 0.2) is 23.1 Å². The molecule has 1 aliphatic heterocycles. The van der Waals surface area contributed by atoms with Crippen LogP contribution in [0, 0.1) is 11.2 Å². The smallest absolute Gasteiger partial charge is 0.227 e. The Hall–Kier alpha value is -0.780. The van der Waals surface area contributed by atoms with Crippen molar-refractivity contribution in [1.82, 2.24) is 5.32 Å². The molecule has 1 heterocycles. The van der Waals surface area contributed by atoms with E-state index in [1.165, 1.54) is 12.1 Å². The summed E-state index contributed by atoms with van der Waals surface area (Å²) in [6.07, 6.45) is 2.24. The van der Waals surface area contributed by atoms with E-state index in [-0.39, 0.29) is 30.2 Å². The Morgan fingerprint density at radius 3 is 2.73 bits per heavy atom. The molecule has 1 aromatic carbocycles. The molecule has 124 valence electrons. The minimum atomic E-state index is -0.516. The first-order valence-electron chi connectivity index (χ1n) is 7.49. The number of fused-ring (bicyclic) bond motifs is 1. The Kier molecular flexibility index (Phi) is 7.16. The lowest BCUT2D eigenvalue weighted by atomic mass is 9.81. The Morgan fingerprint density at radius 1 is 1.45 bits per heavy atom. The largest absolute Gasteiger partial charge is 0.349 e. The third-order valence-electron chi connectivity index (χ3n) is 4.54. The molecule has 3 nitrogen and oxygen atoms in total.